The Hall–Kier alpha value is -9.36. The standard InChI is InChI=1S/12C9H14N.6FH2O3P/c12*1-10(2,3)9-7-5-4-6-8-9;6*1-5(2,3)4/h12*4-8H,1-3H3;6*(H2,2,3,4)/q12*+1;;;;;;/p-12. The number of para-hydroxylation sites is 12. The van der Waals surface area contributed by atoms with Gasteiger partial charge in [0.05, 0.1) is 254 Å². The Balaban J connectivity index is -0.000000368. The molecule has 0 aromatic heterocycles. The summed E-state index contributed by atoms with van der Waals surface area (Å²) in [6.45, 7) is 0. The summed E-state index contributed by atoms with van der Waals surface area (Å²) in [7, 11) is 44.0. The monoisotopic (exact) mass is 2220 g/mol. The Morgan fingerprint density at radius 1 is 0.113 bits per heavy atom. The number of hydrogen-bond acceptors (Lipinski definition) is 18. The van der Waals surface area contributed by atoms with E-state index in [0.29, 0.717) is 0 Å². The average molecular weight is 2220 g/mol. The van der Waals surface area contributed by atoms with Crippen molar-refractivity contribution in [2.24, 2.45) is 0 Å². The van der Waals surface area contributed by atoms with Gasteiger partial charge >= 0.3 is 0 Å². The first-order valence-electron chi connectivity index (χ1n) is 46.0. The first-order valence-corrected chi connectivity index (χ1v) is 54.6. The molecular formula is C108H168F6N12O18P6. The molecule has 0 spiro atoms. The van der Waals surface area contributed by atoms with Gasteiger partial charge in [0.25, 0.3) is 0 Å². The highest BCUT2D eigenvalue weighted by Gasteiger charge is 2.18. The molecule has 42 heteroatoms. The predicted octanol–water partition coefficient (Wildman–Crippen LogP) is 15.3. The van der Waals surface area contributed by atoms with E-state index in [1.165, 1.54) is 68.2 Å². The van der Waals surface area contributed by atoms with Crippen LogP contribution in [-0.2, 0) is 27.4 Å². The lowest BCUT2D eigenvalue weighted by atomic mass is 10.3. The zero-order chi connectivity index (χ0) is 118. The molecule has 0 saturated heterocycles. The van der Waals surface area contributed by atoms with E-state index in [4.69, 9.17) is 86.1 Å². The molecule has 0 amide bonds. The molecule has 840 valence electrons. The molecule has 12 rings (SSSR count). The van der Waals surface area contributed by atoms with Crippen molar-refractivity contribution >= 4 is 116 Å². The van der Waals surface area contributed by atoms with Crippen LogP contribution in [0.5, 0.6) is 0 Å². The van der Waals surface area contributed by atoms with E-state index >= 15 is 0 Å². The summed E-state index contributed by atoms with van der Waals surface area (Å²) in [4.78, 5) is 101. The third-order valence-corrected chi connectivity index (χ3v) is 18.4. The van der Waals surface area contributed by atoms with Crippen molar-refractivity contribution in [3.63, 3.8) is 0 Å². The number of nitrogens with zero attached hydrogens (tertiary/aromatic N) is 12. The Morgan fingerprint density at radius 3 is 0.167 bits per heavy atom. The predicted molar refractivity (Wildman–Crippen MR) is 604 cm³/mol. The highest BCUT2D eigenvalue weighted by Crippen LogP contribution is 2.28. The summed E-state index contributed by atoms with van der Waals surface area (Å²) in [5.74, 6) is 0. The van der Waals surface area contributed by atoms with E-state index in [1.807, 2.05) is 72.8 Å². The molecule has 0 bridgehead atoms. The lowest BCUT2D eigenvalue weighted by Crippen LogP contribution is -2.34. The molecule has 150 heavy (non-hydrogen) atoms. The Bertz CT molecular complexity index is 4460. The van der Waals surface area contributed by atoms with Crippen molar-refractivity contribution in [3.05, 3.63) is 364 Å². The third kappa shape index (κ3) is 104. The minimum absolute atomic E-state index is 0.890. The van der Waals surface area contributed by atoms with Crippen LogP contribution in [0.15, 0.2) is 364 Å². The first-order chi connectivity index (χ1) is 67.3. The number of halogens is 6. The normalized spacial score (nSPS) is 11.6. The van der Waals surface area contributed by atoms with Gasteiger partial charge in [-0.15, -0.1) is 0 Å². The average Bonchev–Trinajstić information content (AvgIpc) is 0.943. The fraction of sp³-hybridized carbons (Fsp3) is 0.333. The summed E-state index contributed by atoms with van der Waals surface area (Å²) >= 11 is 0. The molecule has 0 radical (unpaired) electrons. The number of hydrogen-bond donors (Lipinski definition) is 0. The number of rotatable bonds is 12. The molecule has 0 saturated carbocycles. The zero-order valence-electron chi connectivity index (χ0n) is 94.3. The van der Waals surface area contributed by atoms with Gasteiger partial charge in [0.1, 0.15) is 116 Å². The maximum Gasteiger partial charge on any atom is 0.132 e. The Morgan fingerprint density at radius 2 is 0.147 bits per heavy atom. The van der Waals surface area contributed by atoms with Crippen molar-refractivity contribution < 1.29 is 111 Å². The number of benzene rings is 12. The van der Waals surface area contributed by atoms with Gasteiger partial charge in [-0.05, 0) is 146 Å². The topological polar surface area (TPSA) is 379 Å². The fourth-order valence-corrected chi connectivity index (χ4v) is 10.5. The quantitative estimate of drug-likeness (QED) is 0.0623. The summed E-state index contributed by atoms with van der Waals surface area (Å²) in [5.41, 5.74) is 16.0. The molecule has 0 aliphatic carbocycles. The van der Waals surface area contributed by atoms with E-state index in [0.717, 1.165) is 53.8 Å². The van der Waals surface area contributed by atoms with Crippen LogP contribution in [0.2, 0.25) is 0 Å². The summed E-state index contributed by atoms with van der Waals surface area (Å²) < 4.78 is 122. The van der Waals surface area contributed by atoms with Crippen LogP contribution in [0, 0.1) is 0 Å². The maximum atomic E-state index is 10.1. The van der Waals surface area contributed by atoms with Gasteiger partial charge in [-0.2, -0.15) is 0 Å². The molecule has 0 unspecified atom stereocenters. The van der Waals surface area contributed by atoms with E-state index in [2.05, 4.69) is 545 Å². The molecule has 12 aromatic carbocycles. The van der Waals surface area contributed by atoms with E-state index in [1.54, 1.807) is 0 Å². The van der Waals surface area contributed by atoms with Crippen LogP contribution < -0.4 is 113 Å². The zero-order valence-corrected chi connectivity index (χ0v) is 99.7. The molecule has 0 aliphatic rings. The third-order valence-electron chi connectivity index (χ3n) is 18.4. The molecule has 12 aromatic rings. The first kappa shape index (κ1) is 151. The molecule has 0 atom stereocenters. The lowest BCUT2D eigenvalue weighted by molar-refractivity contribution is -0.330. The highest BCUT2D eigenvalue weighted by molar-refractivity contribution is 7.43. The van der Waals surface area contributed by atoms with Crippen molar-refractivity contribution in [2.45, 2.75) is 0 Å². The van der Waals surface area contributed by atoms with E-state index in [9.17, 15) is 25.2 Å². The van der Waals surface area contributed by atoms with Crippen molar-refractivity contribution in [1.29, 1.82) is 0 Å². The van der Waals surface area contributed by atoms with Crippen molar-refractivity contribution in [1.82, 2.24) is 53.8 Å². The van der Waals surface area contributed by atoms with Crippen LogP contribution in [0.4, 0.5) is 93.4 Å². The van der Waals surface area contributed by atoms with Gasteiger partial charge in [0.2, 0.25) is 0 Å². The van der Waals surface area contributed by atoms with Gasteiger partial charge < -0.3 is 86.1 Å². The van der Waals surface area contributed by atoms with Gasteiger partial charge in [-0.3, -0.25) is 53.8 Å². The van der Waals surface area contributed by atoms with Gasteiger partial charge in [-0.25, -0.2) is 25.2 Å². The molecule has 0 heterocycles. The van der Waals surface area contributed by atoms with Crippen LogP contribution in [0.25, 0.3) is 0 Å². The molecule has 30 nitrogen and oxygen atoms in total. The Labute approximate surface area is 893 Å². The lowest BCUT2D eigenvalue weighted by Gasteiger charge is -2.22. The minimum Gasteiger partial charge on any atom is -0.786 e. The van der Waals surface area contributed by atoms with Crippen molar-refractivity contribution in [3.8, 4) is 0 Å². The fourth-order valence-electron chi connectivity index (χ4n) is 10.5. The van der Waals surface area contributed by atoms with Gasteiger partial charge in [0.15, 0.2) is 0 Å². The van der Waals surface area contributed by atoms with E-state index in [-0.39, 0.29) is 0 Å². The van der Waals surface area contributed by atoms with Crippen LogP contribution in [0.1, 0.15) is 0 Å². The highest BCUT2D eigenvalue weighted by atomic mass is 31.2. The maximum absolute atomic E-state index is 10.1. The number of quaternary nitrogens is 12. The molecular weight excluding hydrogens is 2050 g/mol. The van der Waals surface area contributed by atoms with Crippen LogP contribution >= 0.6 is 47.4 Å². The summed E-state index contributed by atoms with van der Waals surface area (Å²) in [6, 6.07) is 125. The van der Waals surface area contributed by atoms with Crippen LogP contribution in [-0.4, -0.2) is 254 Å². The van der Waals surface area contributed by atoms with Crippen LogP contribution in [0.3, 0.4) is 0 Å². The van der Waals surface area contributed by atoms with Gasteiger partial charge in [-0.1, -0.05) is 218 Å². The summed E-state index contributed by atoms with van der Waals surface area (Å²) in [6.07, 6.45) is 0. The second-order valence-electron chi connectivity index (χ2n) is 42.8. The molecule has 0 N–H and O–H groups in total. The Kier molecular flexibility index (Phi) is 71.5. The molecule has 0 fully saturated rings. The van der Waals surface area contributed by atoms with Crippen molar-refractivity contribution in [2.75, 3.05) is 254 Å². The minimum atomic E-state index is -5.64. The smallest absolute Gasteiger partial charge is 0.132 e. The SMILES string of the molecule is C[N+](C)(C)c1ccccc1.C[N+](C)(C)c1ccccc1.C[N+](C)(C)c1ccccc1.C[N+](C)(C)c1ccccc1.C[N+](C)(C)c1ccccc1.C[N+](C)(C)c1ccccc1.C[N+](C)(C)c1ccccc1.C[N+](C)(C)c1ccccc1.C[N+](C)(C)c1ccccc1.C[N+](C)(C)c1ccccc1.C[N+](C)(C)c1ccccc1.C[N+](C)(C)c1ccccc1.O=P([O-])([O-])F.O=P([O-])([O-])F.O=P([O-])([O-])F.O=P([O-])([O-])F.O=P([O-])([O-])F.O=P([O-])([O-])F. The molecule has 0 aliphatic heterocycles. The van der Waals surface area contributed by atoms with E-state index < -0.39 is 47.4 Å². The largest absolute Gasteiger partial charge is 0.786 e. The second-order valence-corrected chi connectivity index (χ2v) is 47.9. The summed E-state index contributed by atoms with van der Waals surface area (Å²) in [5, 5.41) is 0. The van der Waals surface area contributed by atoms with Gasteiger partial charge in [0, 0.05) is 0 Å². The second kappa shape index (κ2) is 70.8.